The number of hydrogen-bond donors (Lipinski definition) is 1. The summed E-state index contributed by atoms with van der Waals surface area (Å²) in [7, 11) is 0. The maximum atomic E-state index is 6.43. The molecule has 0 amide bonds. The Morgan fingerprint density at radius 1 is 1.07 bits per heavy atom. The third kappa shape index (κ3) is 5.15. The summed E-state index contributed by atoms with van der Waals surface area (Å²) in [5.74, 6) is 3.99. The SMILES string of the molecule is CCC1CCCCC(C2Nc3ccc(OCCC(C)C)cc3C3OCCCC32)CC1. The highest BCUT2D eigenvalue weighted by atomic mass is 16.5. The van der Waals surface area contributed by atoms with Gasteiger partial charge in [0.15, 0.2) is 0 Å². The molecule has 4 rings (SSSR count). The summed E-state index contributed by atoms with van der Waals surface area (Å²) in [5, 5.41) is 4.01. The first-order valence-electron chi connectivity index (χ1n) is 12.8. The van der Waals surface area contributed by atoms with Crippen molar-refractivity contribution in [3.8, 4) is 5.75 Å². The van der Waals surface area contributed by atoms with E-state index in [1.807, 2.05) is 0 Å². The quantitative estimate of drug-likeness (QED) is 0.528. The maximum absolute atomic E-state index is 6.43. The molecule has 1 saturated carbocycles. The first-order chi connectivity index (χ1) is 14.7. The van der Waals surface area contributed by atoms with Gasteiger partial charge in [-0.25, -0.2) is 0 Å². The predicted octanol–water partition coefficient (Wildman–Crippen LogP) is 7.37. The van der Waals surface area contributed by atoms with E-state index in [0.717, 1.165) is 37.2 Å². The summed E-state index contributed by atoms with van der Waals surface area (Å²) in [4.78, 5) is 0. The Hall–Kier alpha value is -1.22. The van der Waals surface area contributed by atoms with Crippen LogP contribution in [0.15, 0.2) is 18.2 Å². The van der Waals surface area contributed by atoms with Gasteiger partial charge in [0.1, 0.15) is 5.75 Å². The number of rotatable bonds is 6. The minimum Gasteiger partial charge on any atom is -0.494 e. The molecule has 30 heavy (non-hydrogen) atoms. The molecule has 168 valence electrons. The molecule has 2 heterocycles. The molecule has 1 N–H and O–H groups in total. The van der Waals surface area contributed by atoms with E-state index in [2.05, 4.69) is 44.3 Å². The fourth-order valence-corrected chi connectivity index (χ4v) is 6.00. The van der Waals surface area contributed by atoms with Crippen LogP contribution in [0.1, 0.15) is 96.6 Å². The zero-order chi connectivity index (χ0) is 20.9. The molecule has 3 aliphatic rings. The van der Waals surface area contributed by atoms with Crippen molar-refractivity contribution in [2.75, 3.05) is 18.5 Å². The van der Waals surface area contributed by atoms with Gasteiger partial charge < -0.3 is 14.8 Å². The van der Waals surface area contributed by atoms with Gasteiger partial charge in [-0.2, -0.15) is 0 Å². The van der Waals surface area contributed by atoms with Gasteiger partial charge in [0.05, 0.1) is 12.7 Å². The van der Waals surface area contributed by atoms with Gasteiger partial charge in [0, 0.05) is 29.8 Å². The fraction of sp³-hybridized carbons (Fsp3) is 0.778. The van der Waals surface area contributed by atoms with Crippen molar-refractivity contribution in [1.29, 1.82) is 0 Å². The minimum atomic E-state index is 0.237. The molecule has 5 atom stereocenters. The number of nitrogens with one attached hydrogen (secondary N) is 1. The van der Waals surface area contributed by atoms with Crippen LogP contribution in [-0.4, -0.2) is 19.3 Å². The largest absolute Gasteiger partial charge is 0.494 e. The van der Waals surface area contributed by atoms with Crippen LogP contribution in [0.4, 0.5) is 5.69 Å². The van der Waals surface area contributed by atoms with E-state index in [-0.39, 0.29) is 6.10 Å². The Balaban J connectivity index is 1.51. The third-order valence-electron chi connectivity index (χ3n) is 7.91. The average Bonchev–Trinajstić information content (AvgIpc) is 2.73. The molecule has 2 fully saturated rings. The van der Waals surface area contributed by atoms with Gasteiger partial charge in [-0.1, -0.05) is 52.9 Å². The lowest BCUT2D eigenvalue weighted by atomic mass is 9.71. The first kappa shape index (κ1) is 22.0. The number of ether oxygens (including phenoxy) is 2. The number of fused-ring (bicyclic) bond motifs is 3. The topological polar surface area (TPSA) is 30.5 Å². The molecule has 3 nitrogen and oxygen atoms in total. The van der Waals surface area contributed by atoms with Crippen molar-refractivity contribution in [2.45, 2.75) is 97.1 Å². The normalized spacial score (nSPS) is 31.8. The standard InChI is InChI=1S/C27H43NO2/c1-4-20-8-5-6-9-21(12-11-20)26-23-10-7-16-30-27(23)24-18-22(13-14-25(24)28-26)29-17-15-19(2)3/h13-14,18-21,23,26-28H,4-12,15-17H2,1-3H3. The van der Waals surface area contributed by atoms with Crippen molar-refractivity contribution in [1.82, 2.24) is 0 Å². The molecule has 1 saturated heterocycles. The highest BCUT2D eigenvalue weighted by Gasteiger charge is 2.42. The number of anilines is 1. The molecule has 1 aromatic rings. The number of benzene rings is 1. The molecule has 0 radical (unpaired) electrons. The summed E-state index contributed by atoms with van der Waals surface area (Å²) in [6, 6.07) is 7.22. The van der Waals surface area contributed by atoms with Gasteiger partial charge in [0.2, 0.25) is 0 Å². The Kier molecular flexibility index (Phi) is 7.62. The summed E-state index contributed by atoms with van der Waals surface area (Å²) in [6.45, 7) is 8.57. The predicted molar refractivity (Wildman–Crippen MR) is 125 cm³/mol. The van der Waals surface area contributed by atoms with Crippen LogP contribution in [0.25, 0.3) is 0 Å². The second-order valence-corrected chi connectivity index (χ2v) is 10.4. The van der Waals surface area contributed by atoms with E-state index < -0.39 is 0 Å². The van der Waals surface area contributed by atoms with E-state index in [1.165, 1.54) is 69.0 Å². The Bertz CT molecular complexity index is 673. The van der Waals surface area contributed by atoms with Crippen LogP contribution in [-0.2, 0) is 4.74 Å². The van der Waals surface area contributed by atoms with Crippen molar-refractivity contribution in [2.24, 2.45) is 23.7 Å². The Morgan fingerprint density at radius 3 is 2.77 bits per heavy atom. The van der Waals surface area contributed by atoms with Crippen LogP contribution < -0.4 is 10.1 Å². The minimum absolute atomic E-state index is 0.237. The fourth-order valence-electron chi connectivity index (χ4n) is 6.00. The third-order valence-corrected chi connectivity index (χ3v) is 7.91. The van der Waals surface area contributed by atoms with E-state index in [0.29, 0.717) is 17.9 Å². The summed E-state index contributed by atoms with van der Waals surface area (Å²) in [6.07, 6.45) is 13.6. The van der Waals surface area contributed by atoms with E-state index in [1.54, 1.807) is 0 Å². The van der Waals surface area contributed by atoms with Crippen molar-refractivity contribution < 1.29 is 9.47 Å². The molecule has 5 unspecified atom stereocenters. The highest BCUT2D eigenvalue weighted by Crippen LogP contribution is 2.48. The Morgan fingerprint density at radius 2 is 1.93 bits per heavy atom. The molecular formula is C27H43NO2. The highest BCUT2D eigenvalue weighted by molar-refractivity contribution is 5.58. The van der Waals surface area contributed by atoms with Crippen LogP contribution in [0.2, 0.25) is 0 Å². The van der Waals surface area contributed by atoms with Crippen molar-refractivity contribution in [3.05, 3.63) is 23.8 Å². The van der Waals surface area contributed by atoms with Gasteiger partial charge in [0.25, 0.3) is 0 Å². The molecule has 3 heteroatoms. The summed E-state index contributed by atoms with van der Waals surface area (Å²) in [5.41, 5.74) is 2.61. The average molecular weight is 414 g/mol. The first-order valence-corrected chi connectivity index (χ1v) is 12.8. The zero-order valence-electron chi connectivity index (χ0n) is 19.5. The monoisotopic (exact) mass is 413 g/mol. The summed E-state index contributed by atoms with van der Waals surface area (Å²) >= 11 is 0. The van der Waals surface area contributed by atoms with E-state index >= 15 is 0 Å². The lowest BCUT2D eigenvalue weighted by Gasteiger charge is -2.46. The molecule has 0 spiro atoms. The van der Waals surface area contributed by atoms with Gasteiger partial charge >= 0.3 is 0 Å². The molecule has 0 bridgehead atoms. The lowest BCUT2D eigenvalue weighted by molar-refractivity contribution is -0.0456. The molecule has 0 aromatic heterocycles. The number of hydrogen-bond acceptors (Lipinski definition) is 3. The van der Waals surface area contributed by atoms with Gasteiger partial charge in [-0.3, -0.25) is 0 Å². The second kappa shape index (κ2) is 10.4. The molecule has 1 aliphatic carbocycles. The van der Waals surface area contributed by atoms with Crippen molar-refractivity contribution in [3.63, 3.8) is 0 Å². The van der Waals surface area contributed by atoms with Gasteiger partial charge in [-0.05, 0) is 68.1 Å². The van der Waals surface area contributed by atoms with Gasteiger partial charge in [-0.15, -0.1) is 0 Å². The Labute approximate surface area is 184 Å². The second-order valence-electron chi connectivity index (χ2n) is 10.4. The molecule has 2 aliphatic heterocycles. The van der Waals surface area contributed by atoms with E-state index in [4.69, 9.17) is 9.47 Å². The smallest absolute Gasteiger partial charge is 0.119 e. The lowest BCUT2D eigenvalue weighted by Crippen LogP contribution is -2.45. The van der Waals surface area contributed by atoms with Crippen LogP contribution in [0.3, 0.4) is 0 Å². The zero-order valence-corrected chi connectivity index (χ0v) is 19.5. The molecule has 1 aromatic carbocycles. The maximum Gasteiger partial charge on any atom is 0.119 e. The van der Waals surface area contributed by atoms with Crippen LogP contribution >= 0.6 is 0 Å². The van der Waals surface area contributed by atoms with E-state index in [9.17, 15) is 0 Å². The molecular weight excluding hydrogens is 370 g/mol. The van der Waals surface area contributed by atoms with Crippen LogP contribution in [0, 0.1) is 23.7 Å². The van der Waals surface area contributed by atoms with Crippen LogP contribution in [0.5, 0.6) is 5.75 Å². The van der Waals surface area contributed by atoms with Crippen molar-refractivity contribution >= 4 is 5.69 Å². The summed E-state index contributed by atoms with van der Waals surface area (Å²) < 4.78 is 12.5.